The van der Waals surface area contributed by atoms with E-state index in [-0.39, 0.29) is 6.03 Å². The SMILES string of the molecule is O=C(NCCSCc1csc2ccc(Cl)cc12)Nc1ccccc1. The third-order valence-electron chi connectivity index (χ3n) is 3.44. The molecule has 0 spiro atoms. The summed E-state index contributed by atoms with van der Waals surface area (Å²) in [5.41, 5.74) is 2.10. The average molecular weight is 377 g/mol. The second kappa shape index (κ2) is 8.42. The molecule has 124 valence electrons. The largest absolute Gasteiger partial charge is 0.337 e. The Labute approximate surface area is 154 Å². The summed E-state index contributed by atoms with van der Waals surface area (Å²) >= 11 is 9.62. The molecule has 2 aromatic carbocycles. The predicted molar refractivity (Wildman–Crippen MR) is 106 cm³/mol. The highest BCUT2D eigenvalue weighted by molar-refractivity contribution is 7.98. The van der Waals surface area contributed by atoms with Gasteiger partial charge in [-0.05, 0) is 46.7 Å². The number of thioether (sulfide) groups is 1. The Morgan fingerprint density at radius 3 is 2.83 bits per heavy atom. The third kappa shape index (κ3) is 4.66. The zero-order valence-electron chi connectivity index (χ0n) is 12.9. The number of hydrogen-bond donors (Lipinski definition) is 2. The van der Waals surface area contributed by atoms with Gasteiger partial charge in [0.1, 0.15) is 0 Å². The van der Waals surface area contributed by atoms with E-state index in [9.17, 15) is 4.79 Å². The molecule has 1 heterocycles. The van der Waals surface area contributed by atoms with Crippen LogP contribution < -0.4 is 10.6 Å². The first kappa shape index (κ1) is 17.1. The number of nitrogens with one attached hydrogen (secondary N) is 2. The van der Waals surface area contributed by atoms with E-state index in [1.807, 2.05) is 42.5 Å². The van der Waals surface area contributed by atoms with Crippen LogP contribution in [0.15, 0.2) is 53.9 Å². The van der Waals surface area contributed by atoms with E-state index >= 15 is 0 Å². The molecule has 3 aromatic rings. The van der Waals surface area contributed by atoms with Gasteiger partial charge in [0.05, 0.1) is 0 Å². The second-order valence-corrected chi connectivity index (χ2v) is 7.65. The molecule has 0 saturated carbocycles. The van der Waals surface area contributed by atoms with E-state index in [0.717, 1.165) is 22.2 Å². The van der Waals surface area contributed by atoms with Gasteiger partial charge < -0.3 is 10.6 Å². The van der Waals surface area contributed by atoms with Crippen LogP contribution in [-0.4, -0.2) is 18.3 Å². The number of thiophene rings is 1. The van der Waals surface area contributed by atoms with Crippen molar-refractivity contribution in [3.63, 3.8) is 0 Å². The molecule has 0 unspecified atom stereocenters. The molecule has 0 aliphatic heterocycles. The van der Waals surface area contributed by atoms with Gasteiger partial charge >= 0.3 is 6.03 Å². The molecule has 2 N–H and O–H groups in total. The number of rotatable bonds is 6. The highest BCUT2D eigenvalue weighted by Crippen LogP contribution is 2.30. The Kier molecular flexibility index (Phi) is 6.01. The van der Waals surface area contributed by atoms with Crippen LogP contribution in [0.2, 0.25) is 5.02 Å². The molecule has 6 heteroatoms. The van der Waals surface area contributed by atoms with E-state index in [1.165, 1.54) is 15.6 Å². The minimum absolute atomic E-state index is 0.172. The highest BCUT2D eigenvalue weighted by atomic mass is 35.5. The van der Waals surface area contributed by atoms with E-state index in [0.29, 0.717) is 6.54 Å². The molecule has 0 radical (unpaired) electrons. The molecule has 3 rings (SSSR count). The van der Waals surface area contributed by atoms with Gasteiger partial charge in [-0.3, -0.25) is 0 Å². The van der Waals surface area contributed by atoms with E-state index in [4.69, 9.17) is 11.6 Å². The van der Waals surface area contributed by atoms with Crippen LogP contribution in [0.4, 0.5) is 10.5 Å². The molecule has 0 aliphatic rings. The first-order chi connectivity index (χ1) is 11.7. The topological polar surface area (TPSA) is 41.1 Å². The molecule has 24 heavy (non-hydrogen) atoms. The third-order valence-corrected chi connectivity index (χ3v) is 5.69. The normalized spacial score (nSPS) is 10.7. The van der Waals surface area contributed by atoms with Crippen molar-refractivity contribution in [3.8, 4) is 0 Å². The second-order valence-electron chi connectivity index (χ2n) is 5.20. The molecule has 0 fully saturated rings. The number of halogens is 1. The summed E-state index contributed by atoms with van der Waals surface area (Å²) in [6.45, 7) is 0.631. The van der Waals surface area contributed by atoms with Crippen molar-refractivity contribution in [1.29, 1.82) is 0 Å². The minimum Gasteiger partial charge on any atom is -0.337 e. The van der Waals surface area contributed by atoms with E-state index in [2.05, 4.69) is 22.1 Å². The number of benzene rings is 2. The predicted octanol–water partition coefficient (Wildman–Crippen LogP) is 5.61. The monoisotopic (exact) mass is 376 g/mol. The number of fused-ring (bicyclic) bond motifs is 1. The Balaban J connectivity index is 1.40. The van der Waals surface area contributed by atoms with Crippen molar-refractivity contribution < 1.29 is 4.79 Å². The quantitative estimate of drug-likeness (QED) is 0.549. The van der Waals surface area contributed by atoms with Gasteiger partial charge in [0.2, 0.25) is 0 Å². The van der Waals surface area contributed by atoms with Crippen molar-refractivity contribution >= 4 is 56.5 Å². The zero-order chi connectivity index (χ0) is 16.8. The first-order valence-electron chi connectivity index (χ1n) is 7.55. The number of carbonyl (C=O) groups is 1. The van der Waals surface area contributed by atoms with Gasteiger partial charge in [-0.2, -0.15) is 11.8 Å². The van der Waals surface area contributed by atoms with E-state index in [1.54, 1.807) is 23.1 Å². The lowest BCUT2D eigenvalue weighted by molar-refractivity contribution is 0.252. The minimum atomic E-state index is -0.172. The maximum atomic E-state index is 11.8. The Hall–Kier alpha value is -1.69. The van der Waals surface area contributed by atoms with Crippen LogP contribution in [0, 0.1) is 0 Å². The molecule has 0 saturated heterocycles. The molecule has 0 atom stereocenters. The van der Waals surface area contributed by atoms with Crippen molar-refractivity contribution in [2.24, 2.45) is 0 Å². The number of urea groups is 1. The van der Waals surface area contributed by atoms with Crippen LogP contribution >= 0.6 is 34.7 Å². The van der Waals surface area contributed by atoms with Gasteiger partial charge in [0.15, 0.2) is 0 Å². The zero-order valence-corrected chi connectivity index (χ0v) is 15.3. The summed E-state index contributed by atoms with van der Waals surface area (Å²) in [4.78, 5) is 11.8. The van der Waals surface area contributed by atoms with Gasteiger partial charge in [0, 0.05) is 33.5 Å². The lowest BCUT2D eigenvalue weighted by atomic mass is 10.2. The summed E-state index contributed by atoms with van der Waals surface area (Å²) in [5.74, 6) is 1.78. The van der Waals surface area contributed by atoms with Crippen LogP contribution in [0.25, 0.3) is 10.1 Å². The fourth-order valence-corrected chi connectivity index (χ4v) is 4.35. The van der Waals surface area contributed by atoms with Gasteiger partial charge in [-0.15, -0.1) is 11.3 Å². The lowest BCUT2D eigenvalue weighted by Gasteiger charge is -2.07. The fraction of sp³-hybridized carbons (Fsp3) is 0.167. The molecule has 1 aromatic heterocycles. The standard InChI is InChI=1S/C18H17ClN2OS2/c19-14-6-7-17-16(10-14)13(12-24-17)11-23-9-8-20-18(22)21-15-4-2-1-3-5-15/h1-7,10,12H,8-9,11H2,(H2,20,21,22). The maximum absolute atomic E-state index is 11.8. The van der Waals surface area contributed by atoms with Gasteiger partial charge in [-0.25, -0.2) is 4.79 Å². The number of carbonyl (C=O) groups excluding carboxylic acids is 1. The first-order valence-corrected chi connectivity index (χ1v) is 9.97. The van der Waals surface area contributed by atoms with Crippen LogP contribution in [0.3, 0.4) is 0 Å². The average Bonchev–Trinajstić information content (AvgIpc) is 2.98. The molecule has 0 bridgehead atoms. The fourth-order valence-electron chi connectivity index (χ4n) is 2.28. The Morgan fingerprint density at radius 2 is 2.00 bits per heavy atom. The number of anilines is 1. The Morgan fingerprint density at radius 1 is 1.17 bits per heavy atom. The molecule has 3 nitrogen and oxygen atoms in total. The smallest absolute Gasteiger partial charge is 0.319 e. The van der Waals surface area contributed by atoms with Crippen LogP contribution in [0.1, 0.15) is 5.56 Å². The van der Waals surface area contributed by atoms with E-state index < -0.39 is 0 Å². The summed E-state index contributed by atoms with van der Waals surface area (Å²) in [7, 11) is 0. The number of hydrogen-bond acceptors (Lipinski definition) is 3. The number of amides is 2. The van der Waals surface area contributed by atoms with Crippen LogP contribution in [0.5, 0.6) is 0 Å². The molecule has 2 amide bonds. The highest BCUT2D eigenvalue weighted by Gasteiger charge is 2.05. The van der Waals surface area contributed by atoms with Gasteiger partial charge in [0.25, 0.3) is 0 Å². The summed E-state index contributed by atoms with van der Waals surface area (Å²) < 4.78 is 1.26. The lowest BCUT2D eigenvalue weighted by Crippen LogP contribution is -2.30. The number of para-hydroxylation sites is 1. The van der Waals surface area contributed by atoms with Crippen molar-refractivity contribution in [3.05, 3.63) is 64.5 Å². The maximum Gasteiger partial charge on any atom is 0.319 e. The van der Waals surface area contributed by atoms with Crippen molar-refractivity contribution in [1.82, 2.24) is 5.32 Å². The van der Waals surface area contributed by atoms with Crippen molar-refractivity contribution in [2.45, 2.75) is 5.75 Å². The Bertz CT molecular complexity index is 820. The van der Waals surface area contributed by atoms with Crippen molar-refractivity contribution in [2.75, 3.05) is 17.6 Å². The summed E-state index contributed by atoms with van der Waals surface area (Å²) in [6.07, 6.45) is 0. The molecular formula is C18H17ClN2OS2. The van der Waals surface area contributed by atoms with Gasteiger partial charge in [-0.1, -0.05) is 29.8 Å². The molecular weight excluding hydrogens is 360 g/mol. The summed E-state index contributed by atoms with van der Waals surface area (Å²) in [6, 6.07) is 15.3. The molecule has 0 aliphatic carbocycles. The van der Waals surface area contributed by atoms with Crippen LogP contribution in [-0.2, 0) is 5.75 Å². The summed E-state index contributed by atoms with van der Waals surface area (Å²) in [5, 5.41) is 9.86.